The van der Waals surface area contributed by atoms with Gasteiger partial charge in [-0.15, -0.1) is 0 Å². The number of amides is 1. The van der Waals surface area contributed by atoms with Gasteiger partial charge in [0.2, 0.25) is 5.91 Å². The summed E-state index contributed by atoms with van der Waals surface area (Å²) in [5.74, 6) is -0.504. The van der Waals surface area contributed by atoms with Crippen LogP contribution in [0, 0.1) is 17.4 Å². The normalized spacial score (nSPS) is 11.3. The van der Waals surface area contributed by atoms with Crippen LogP contribution in [0.5, 0.6) is 0 Å². The van der Waals surface area contributed by atoms with Gasteiger partial charge >= 0.3 is 0 Å². The number of halogens is 3. The zero-order valence-corrected chi connectivity index (χ0v) is 21.2. The molecular formula is C22H19Cl2IN2O3S. The number of anilines is 2. The fourth-order valence-corrected chi connectivity index (χ4v) is 5.44. The topological polar surface area (TPSA) is 66.5 Å². The monoisotopic (exact) mass is 588 g/mol. The van der Waals surface area contributed by atoms with Gasteiger partial charge in [-0.1, -0.05) is 47.0 Å². The van der Waals surface area contributed by atoms with Crippen LogP contribution in [0.3, 0.4) is 0 Å². The van der Waals surface area contributed by atoms with Crippen LogP contribution in [-0.4, -0.2) is 20.9 Å². The van der Waals surface area contributed by atoms with Crippen LogP contribution in [0.25, 0.3) is 0 Å². The Kier molecular flexibility index (Phi) is 7.51. The van der Waals surface area contributed by atoms with Gasteiger partial charge in [0.05, 0.1) is 20.6 Å². The quantitative estimate of drug-likeness (QED) is 0.357. The molecule has 0 aliphatic rings. The molecule has 0 unspecified atom stereocenters. The van der Waals surface area contributed by atoms with E-state index in [-0.39, 0.29) is 20.6 Å². The summed E-state index contributed by atoms with van der Waals surface area (Å²) in [5.41, 5.74) is 2.52. The molecule has 0 aliphatic carbocycles. The van der Waals surface area contributed by atoms with E-state index < -0.39 is 22.5 Å². The molecule has 1 N–H and O–H groups in total. The SMILES string of the molecule is Cc1ccc(S(=O)(=O)N(CC(=O)Nc2ccc(I)cc2C)c2cccc(Cl)c2Cl)cc1. The zero-order valence-electron chi connectivity index (χ0n) is 16.7. The largest absolute Gasteiger partial charge is 0.324 e. The standard InChI is InChI=1S/C22H19Cl2IN2O3S/c1-14-6-9-17(10-7-14)31(29,30)27(20-5-3-4-18(23)22(20)24)13-21(28)26-19-11-8-16(25)12-15(19)2/h3-12H,13H2,1-2H3,(H,26,28). The molecule has 9 heteroatoms. The van der Waals surface area contributed by atoms with Crippen LogP contribution >= 0.6 is 45.8 Å². The number of nitrogens with one attached hydrogen (secondary N) is 1. The van der Waals surface area contributed by atoms with E-state index in [1.807, 2.05) is 26.0 Å². The number of benzene rings is 3. The molecule has 0 aliphatic heterocycles. The molecule has 162 valence electrons. The summed E-state index contributed by atoms with van der Waals surface area (Å²) in [5, 5.41) is 3.03. The van der Waals surface area contributed by atoms with Gasteiger partial charge in [0.1, 0.15) is 6.54 Å². The molecule has 31 heavy (non-hydrogen) atoms. The van der Waals surface area contributed by atoms with E-state index in [1.54, 1.807) is 30.3 Å². The third-order valence-corrected chi connectivity index (χ3v) is 7.81. The Morgan fingerprint density at radius 3 is 2.35 bits per heavy atom. The van der Waals surface area contributed by atoms with Crippen LogP contribution in [0.1, 0.15) is 11.1 Å². The minimum atomic E-state index is -4.09. The Balaban J connectivity index is 2.00. The molecule has 0 atom stereocenters. The summed E-state index contributed by atoms with van der Waals surface area (Å²) in [4.78, 5) is 12.9. The molecule has 3 aromatic rings. The summed E-state index contributed by atoms with van der Waals surface area (Å²) in [6, 6.07) is 16.6. The summed E-state index contributed by atoms with van der Waals surface area (Å²) >= 11 is 14.6. The predicted molar refractivity (Wildman–Crippen MR) is 135 cm³/mol. The highest BCUT2D eigenvalue weighted by Gasteiger charge is 2.29. The van der Waals surface area contributed by atoms with Gasteiger partial charge in [-0.3, -0.25) is 9.10 Å². The average molecular weight is 589 g/mol. The zero-order chi connectivity index (χ0) is 22.8. The third kappa shape index (κ3) is 5.52. The molecule has 3 aromatic carbocycles. The van der Waals surface area contributed by atoms with Crippen molar-refractivity contribution in [2.24, 2.45) is 0 Å². The van der Waals surface area contributed by atoms with Gasteiger partial charge in [-0.05, 0) is 84.5 Å². The number of sulfonamides is 1. The molecule has 0 saturated carbocycles. The van der Waals surface area contributed by atoms with Gasteiger partial charge in [0.15, 0.2) is 0 Å². The highest BCUT2D eigenvalue weighted by molar-refractivity contribution is 14.1. The number of nitrogens with zero attached hydrogens (tertiary/aromatic N) is 1. The number of aryl methyl sites for hydroxylation is 2. The Hall–Kier alpha value is -1.81. The maximum Gasteiger partial charge on any atom is 0.264 e. The van der Waals surface area contributed by atoms with Crippen molar-refractivity contribution in [1.82, 2.24) is 0 Å². The lowest BCUT2D eigenvalue weighted by molar-refractivity contribution is -0.114. The smallest absolute Gasteiger partial charge is 0.264 e. The molecule has 3 rings (SSSR count). The van der Waals surface area contributed by atoms with Gasteiger partial charge < -0.3 is 5.32 Å². The predicted octanol–water partition coefficient (Wildman–Crippen LogP) is 6.05. The minimum Gasteiger partial charge on any atom is -0.324 e. The lowest BCUT2D eigenvalue weighted by atomic mass is 10.2. The molecule has 0 saturated heterocycles. The van der Waals surface area contributed by atoms with Gasteiger partial charge in [-0.2, -0.15) is 0 Å². The Labute approximate surface area is 205 Å². The van der Waals surface area contributed by atoms with Crippen LogP contribution in [0.2, 0.25) is 10.0 Å². The molecule has 0 heterocycles. The van der Waals surface area contributed by atoms with E-state index in [0.717, 1.165) is 19.0 Å². The van der Waals surface area contributed by atoms with E-state index in [9.17, 15) is 13.2 Å². The first-order valence-electron chi connectivity index (χ1n) is 9.19. The van der Waals surface area contributed by atoms with Crippen molar-refractivity contribution in [3.8, 4) is 0 Å². The van der Waals surface area contributed by atoms with Crippen molar-refractivity contribution in [3.63, 3.8) is 0 Å². The number of carbonyl (C=O) groups is 1. The number of carbonyl (C=O) groups excluding carboxylic acids is 1. The highest BCUT2D eigenvalue weighted by Crippen LogP contribution is 2.35. The van der Waals surface area contributed by atoms with E-state index in [2.05, 4.69) is 27.9 Å². The van der Waals surface area contributed by atoms with Gasteiger partial charge in [-0.25, -0.2) is 8.42 Å². The second kappa shape index (κ2) is 9.77. The molecule has 0 spiro atoms. The fourth-order valence-electron chi connectivity index (χ4n) is 2.91. The van der Waals surface area contributed by atoms with Crippen LogP contribution in [0.4, 0.5) is 11.4 Å². The first-order valence-corrected chi connectivity index (χ1v) is 12.5. The molecule has 0 aromatic heterocycles. The second-order valence-corrected chi connectivity index (χ2v) is 10.8. The lowest BCUT2D eigenvalue weighted by Gasteiger charge is -2.25. The highest BCUT2D eigenvalue weighted by atomic mass is 127. The fraction of sp³-hybridized carbons (Fsp3) is 0.136. The maximum atomic E-state index is 13.5. The summed E-state index contributed by atoms with van der Waals surface area (Å²) in [7, 11) is -4.09. The molecule has 0 fully saturated rings. The molecular weight excluding hydrogens is 570 g/mol. The number of hydrogen-bond acceptors (Lipinski definition) is 3. The summed E-state index contributed by atoms with van der Waals surface area (Å²) < 4.78 is 28.9. The van der Waals surface area contributed by atoms with Gasteiger partial charge in [0.25, 0.3) is 10.0 Å². The Morgan fingerprint density at radius 1 is 1.03 bits per heavy atom. The molecule has 0 bridgehead atoms. The van der Waals surface area contributed by atoms with E-state index in [0.29, 0.717) is 5.69 Å². The summed E-state index contributed by atoms with van der Waals surface area (Å²) in [6.07, 6.45) is 0. The van der Waals surface area contributed by atoms with Crippen LogP contribution in [-0.2, 0) is 14.8 Å². The first kappa shape index (κ1) is 23.8. The van der Waals surface area contributed by atoms with Crippen molar-refractivity contribution in [3.05, 3.63) is 85.4 Å². The molecule has 0 radical (unpaired) electrons. The van der Waals surface area contributed by atoms with Crippen molar-refractivity contribution in [1.29, 1.82) is 0 Å². The third-order valence-electron chi connectivity index (χ3n) is 4.56. The van der Waals surface area contributed by atoms with Crippen molar-refractivity contribution in [2.75, 3.05) is 16.2 Å². The Morgan fingerprint density at radius 2 is 1.71 bits per heavy atom. The first-order chi connectivity index (χ1) is 14.6. The van der Waals surface area contributed by atoms with Crippen molar-refractivity contribution < 1.29 is 13.2 Å². The van der Waals surface area contributed by atoms with Crippen LogP contribution in [0.15, 0.2) is 65.6 Å². The number of hydrogen-bond donors (Lipinski definition) is 1. The van der Waals surface area contributed by atoms with Crippen molar-refractivity contribution >= 4 is 73.1 Å². The second-order valence-electron chi connectivity index (χ2n) is 6.91. The maximum absolute atomic E-state index is 13.5. The van der Waals surface area contributed by atoms with E-state index >= 15 is 0 Å². The lowest BCUT2D eigenvalue weighted by Crippen LogP contribution is -2.38. The average Bonchev–Trinajstić information content (AvgIpc) is 2.71. The summed E-state index contributed by atoms with van der Waals surface area (Å²) in [6.45, 7) is 3.26. The van der Waals surface area contributed by atoms with E-state index in [4.69, 9.17) is 23.2 Å². The molecule has 1 amide bonds. The van der Waals surface area contributed by atoms with Crippen LogP contribution < -0.4 is 9.62 Å². The number of rotatable bonds is 6. The van der Waals surface area contributed by atoms with Crippen molar-refractivity contribution in [2.45, 2.75) is 18.7 Å². The molecule has 5 nitrogen and oxygen atoms in total. The minimum absolute atomic E-state index is 0.0485. The Bertz CT molecular complexity index is 1230. The van der Waals surface area contributed by atoms with E-state index in [1.165, 1.54) is 18.2 Å². The van der Waals surface area contributed by atoms with Gasteiger partial charge in [0, 0.05) is 9.26 Å².